The second-order valence-electron chi connectivity index (χ2n) is 26.7. The fraction of sp³-hybridized carbons (Fsp3) is 0.461. The van der Waals surface area contributed by atoms with E-state index < -0.39 is 41.4 Å². The highest BCUT2D eigenvalue weighted by molar-refractivity contribution is 6.05. The number of aromatic amines is 1. The van der Waals surface area contributed by atoms with Gasteiger partial charge in [-0.15, -0.1) is 0 Å². The van der Waals surface area contributed by atoms with E-state index in [9.17, 15) is 52.7 Å². The van der Waals surface area contributed by atoms with Gasteiger partial charge < -0.3 is 124 Å². The molecule has 40 heteroatoms. The van der Waals surface area contributed by atoms with Gasteiger partial charge in [-0.1, -0.05) is 0 Å². The molecular formula is C76H103N21O19. The number of benzene rings is 2. The number of nitrogens with one attached hydrogen (secondary N) is 11. The van der Waals surface area contributed by atoms with Gasteiger partial charge in [0.05, 0.1) is 97.2 Å². The third-order valence-electron chi connectivity index (χ3n) is 17.5. The van der Waals surface area contributed by atoms with Gasteiger partial charge in [0.1, 0.15) is 39.8 Å². The molecule has 8 rings (SSSR count). The van der Waals surface area contributed by atoms with E-state index in [4.69, 9.17) is 37.9 Å². The Morgan fingerprint density at radius 3 is 1.44 bits per heavy atom. The highest BCUT2D eigenvalue weighted by Gasteiger charge is 2.23. The maximum Gasteiger partial charge on any atom is 0.291 e. The van der Waals surface area contributed by atoms with Gasteiger partial charge in [0.25, 0.3) is 41.0 Å². The molecule has 6 aromatic heterocycles. The van der Waals surface area contributed by atoms with Gasteiger partial charge in [0.2, 0.25) is 35.3 Å². The minimum absolute atomic E-state index is 0.00593. The molecule has 8 aromatic rings. The number of carbonyl (C=O) groups is 10. The normalized spacial score (nSPS) is 11.1. The van der Waals surface area contributed by atoms with Crippen LogP contribution in [0, 0.1) is 13.8 Å². The van der Waals surface area contributed by atoms with Crippen LogP contribution in [0.5, 0.6) is 17.2 Å². The fourth-order valence-corrected chi connectivity index (χ4v) is 11.7. The third-order valence-corrected chi connectivity index (χ3v) is 17.5. The lowest BCUT2D eigenvalue weighted by atomic mass is 10.0. The number of fused-ring (bicyclic) bond motifs is 1. The number of nitrogens with zero attached hydrogens (tertiary/aromatic N) is 10. The van der Waals surface area contributed by atoms with Gasteiger partial charge in [0.15, 0.2) is 24.1 Å². The molecule has 0 unspecified atom stereocenters. The smallest absolute Gasteiger partial charge is 0.291 e. The minimum atomic E-state index is -0.642. The first-order valence-electron chi connectivity index (χ1n) is 37.5. The molecule has 0 bridgehead atoms. The molecule has 0 aliphatic heterocycles. The van der Waals surface area contributed by atoms with Crippen LogP contribution in [0.1, 0.15) is 102 Å². The first kappa shape index (κ1) is 89.2. The number of anilines is 4. The molecule has 0 aliphatic carbocycles. The van der Waals surface area contributed by atoms with Gasteiger partial charge in [-0.25, -0.2) is 19.9 Å². The molecule has 0 radical (unpaired) electrons. The summed E-state index contributed by atoms with van der Waals surface area (Å²) in [6.45, 7) is 9.55. The van der Waals surface area contributed by atoms with Gasteiger partial charge in [-0.2, -0.15) is 0 Å². The zero-order valence-electron chi connectivity index (χ0n) is 66.8. The summed E-state index contributed by atoms with van der Waals surface area (Å²) < 4.78 is 51.7. The van der Waals surface area contributed by atoms with Crippen molar-refractivity contribution in [3.8, 4) is 28.6 Å². The summed E-state index contributed by atoms with van der Waals surface area (Å²) in [7, 11) is 13.0. The Morgan fingerprint density at radius 1 is 0.457 bits per heavy atom. The number of rotatable bonds is 50. The Kier molecular flexibility index (Phi) is 35.0. The molecule has 626 valence electrons. The van der Waals surface area contributed by atoms with Gasteiger partial charge in [-0.3, -0.25) is 52.7 Å². The molecule has 6 heterocycles. The lowest BCUT2D eigenvalue weighted by Gasteiger charge is -2.16. The van der Waals surface area contributed by atoms with Gasteiger partial charge in [0, 0.05) is 155 Å². The number of H-pyrrole nitrogens is 1. The average molecular weight is 1610 g/mol. The maximum atomic E-state index is 13.3. The fourth-order valence-electron chi connectivity index (χ4n) is 11.7. The Labute approximate surface area is 668 Å². The lowest BCUT2D eigenvalue weighted by Crippen LogP contribution is -2.33. The van der Waals surface area contributed by atoms with E-state index in [1.165, 1.54) is 69.4 Å². The van der Waals surface area contributed by atoms with E-state index in [1.54, 1.807) is 64.3 Å². The molecule has 40 nitrogen and oxygen atoms in total. The molecule has 10 amide bonds. The quantitative estimate of drug-likeness (QED) is 0.0242. The van der Waals surface area contributed by atoms with Crippen LogP contribution in [0.3, 0.4) is 0 Å². The van der Waals surface area contributed by atoms with Crippen molar-refractivity contribution in [2.75, 3.05) is 168 Å². The summed E-state index contributed by atoms with van der Waals surface area (Å²) in [5.41, 5.74) is 3.31. The number of imidazole rings is 3. The molecule has 0 atom stereocenters. The standard InChI is InChI=1S/C76H103N21O19/c1-48-37-50(67-86-54-41-53(109-9)42-57(110-10)65(54)73(105)91-67)38-49(2)66(48)116-47-64(102)79-23-28-112-30-32-114-34-36-115-35-33-113-31-29-111-27-16-61(99)78-18-12-25-92(3)24-11-17-77-60(98)13-19-83-74(106)69-89-58(45-96(69)7)87-62(100)14-20-82-72(104)56-40-52(44-95(56)6)85-76(108)70-90-59(46-97(70)8)88-63(101)15-21-81-71(103)55-39-51(43-94(55)5)84-75(107)68-80-22-26-93(68)4/h22,26,37-46H,11-21,23-25,27-36,47H2,1-10H3,(H,77,98)(H,78,99)(H,79,102)(H,81,103)(H,82,104)(H,83,106)(H,84,107)(H,85,108)(H,87,100)(H,88,101)(H,86,91,105). The molecule has 0 spiro atoms. The predicted octanol–water partition coefficient (Wildman–Crippen LogP) is 1.86. The first-order valence-corrected chi connectivity index (χ1v) is 37.5. The first-order chi connectivity index (χ1) is 55.8. The van der Waals surface area contributed by atoms with Crippen LogP contribution < -0.4 is 72.9 Å². The van der Waals surface area contributed by atoms with Gasteiger partial charge >= 0.3 is 0 Å². The molecular weight excluding hydrogens is 1510 g/mol. The molecule has 0 fully saturated rings. The molecule has 11 N–H and O–H groups in total. The molecule has 0 saturated carbocycles. The molecule has 0 aliphatic rings. The lowest BCUT2D eigenvalue weighted by molar-refractivity contribution is -0.123. The van der Waals surface area contributed by atoms with Crippen LogP contribution in [-0.4, -0.2) is 258 Å². The van der Waals surface area contributed by atoms with Crippen molar-refractivity contribution < 1.29 is 85.8 Å². The van der Waals surface area contributed by atoms with Crippen molar-refractivity contribution in [3.05, 3.63) is 124 Å². The third kappa shape index (κ3) is 28.0. The van der Waals surface area contributed by atoms with Crippen LogP contribution in [-0.2, 0) is 82.9 Å². The second-order valence-corrected chi connectivity index (χ2v) is 26.7. The topological polar surface area (TPSA) is 477 Å². The SMILES string of the molecule is COc1cc(OC)c2c(=O)[nH]c(-c3cc(C)c(OCC(=O)NCCOCCOCCOCCOCCOCCC(=O)NCCCN(C)CCCNC(=O)CCNC(=O)c4nc(NC(=O)CCNC(=O)c5cc(NC(=O)c6nc(NC(=O)CCNC(=O)c7cc(NC(=O)c8nccn8C)cn7C)cn6C)cn5C)cn4C)c(C)c3)nc2c1. The molecule has 116 heavy (non-hydrogen) atoms. The summed E-state index contributed by atoms with van der Waals surface area (Å²) in [5.74, 6) is -2.22. The monoisotopic (exact) mass is 1610 g/mol. The number of hydrogen-bond acceptors (Lipinski definition) is 24. The van der Waals surface area contributed by atoms with Crippen LogP contribution in [0.2, 0.25) is 0 Å². The van der Waals surface area contributed by atoms with Crippen LogP contribution in [0.4, 0.5) is 23.0 Å². The van der Waals surface area contributed by atoms with Crippen LogP contribution in [0.15, 0.2) is 78.4 Å². The number of ether oxygens (including phenoxy) is 8. The zero-order valence-corrected chi connectivity index (χ0v) is 66.8. The molecule has 0 saturated heterocycles. The molecule has 2 aromatic carbocycles. The van der Waals surface area contributed by atoms with E-state index in [0.29, 0.717) is 137 Å². The summed E-state index contributed by atoms with van der Waals surface area (Å²) >= 11 is 0. The van der Waals surface area contributed by atoms with Crippen molar-refractivity contribution >= 4 is 93.0 Å². The number of carbonyl (C=O) groups excluding carboxylic acids is 10. The average Bonchev–Trinajstić information content (AvgIpc) is 0.880. The van der Waals surface area contributed by atoms with E-state index in [1.807, 2.05) is 33.0 Å². The van der Waals surface area contributed by atoms with Crippen LogP contribution >= 0.6 is 0 Å². The van der Waals surface area contributed by atoms with Gasteiger partial charge in [-0.05, 0) is 82.2 Å². The largest absolute Gasteiger partial charge is 0.497 e. The summed E-state index contributed by atoms with van der Waals surface area (Å²) in [6, 6.07) is 9.89. The summed E-state index contributed by atoms with van der Waals surface area (Å²) in [5, 5.41) is 27.5. The van der Waals surface area contributed by atoms with Crippen molar-refractivity contribution in [2.24, 2.45) is 35.2 Å². The summed E-state index contributed by atoms with van der Waals surface area (Å²) in [4.78, 5) is 163. The summed E-state index contributed by atoms with van der Waals surface area (Å²) in [6.07, 6.45) is 10.5. The van der Waals surface area contributed by atoms with E-state index in [0.717, 1.165) is 24.1 Å². The zero-order chi connectivity index (χ0) is 83.6. The van der Waals surface area contributed by atoms with Crippen LogP contribution in [0.25, 0.3) is 22.3 Å². The Hall–Kier alpha value is -12.4. The Morgan fingerprint density at radius 2 is 0.931 bits per heavy atom. The van der Waals surface area contributed by atoms with Crippen molar-refractivity contribution in [1.82, 2.24) is 84.6 Å². The predicted molar refractivity (Wildman–Crippen MR) is 425 cm³/mol. The Balaban J connectivity index is 0.561. The van der Waals surface area contributed by atoms with E-state index >= 15 is 0 Å². The number of methoxy groups -OCH3 is 2. The van der Waals surface area contributed by atoms with Crippen molar-refractivity contribution in [3.63, 3.8) is 0 Å². The maximum absolute atomic E-state index is 13.3. The minimum Gasteiger partial charge on any atom is -0.497 e. The highest BCUT2D eigenvalue weighted by Crippen LogP contribution is 2.32. The van der Waals surface area contributed by atoms with Crippen molar-refractivity contribution in [1.29, 1.82) is 0 Å². The number of aromatic nitrogens is 10. The number of aryl methyl sites for hydroxylation is 7. The second kappa shape index (κ2) is 45.5. The highest BCUT2D eigenvalue weighted by atomic mass is 16.6. The van der Waals surface area contributed by atoms with Crippen molar-refractivity contribution in [2.45, 2.75) is 52.4 Å². The Bertz CT molecular complexity index is 4740. The van der Waals surface area contributed by atoms with E-state index in [2.05, 4.69) is 83.0 Å². The number of hydrogen-bond donors (Lipinski definition) is 11. The number of amides is 10. The van der Waals surface area contributed by atoms with E-state index in [-0.39, 0.29) is 128 Å².